The molecule has 0 N–H and O–H groups in total. The van der Waals surface area contributed by atoms with E-state index >= 15 is 0 Å². The molecule has 0 saturated carbocycles. The monoisotopic (exact) mass is 1440 g/mol. The summed E-state index contributed by atoms with van der Waals surface area (Å²) in [6.07, 6.45) is 28.6. The molecule has 0 saturated heterocycles. The molecular weight excluding hydrogens is 1280 g/mol. The van der Waals surface area contributed by atoms with Gasteiger partial charge in [-0.1, -0.05) is 269 Å². The molecule has 0 radical (unpaired) electrons. The Morgan fingerprint density at radius 3 is 0.538 bits per heavy atom. The van der Waals surface area contributed by atoms with Crippen LogP contribution in [0.5, 0.6) is 0 Å². The molecule has 106 heavy (non-hydrogen) atoms. The second-order valence-electron chi connectivity index (χ2n) is 35.9. The number of fused-ring (bicyclic) bond motifs is 2. The smallest absolute Gasteiger partial charge is 0.0620 e. The second kappa shape index (κ2) is 35.8. The van der Waals surface area contributed by atoms with Gasteiger partial charge in [0.15, 0.2) is 0 Å². The van der Waals surface area contributed by atoms with Crippen LogP contribution in [-0.4, -0.2) is 0 Å². The number of unbranched alkanes of at least 4 members (excludes halogenated alkanes) is 1. The molecular formula is C104H160N2. The predicted molar refractivity (Wildman–Crippen MR) is 478 cm³/mol. The minimum absolute atomic E-state index is 0.00527. The van der Waals surface area contributed by atoms with Crippen LogP contribution in [0.15, 0.2) is 109 Å². The van der Waals surface area contributed by atoms with Gasteiger partial charge in [-0.15, -0.1) is 0 Å². The van der Waals surface area contributed by atoms with Gasteiger partial charge in [-0.25, -0.2) is 0 Å². The maximum Gasteiger partial charge on any atom is 0.0620 e. The first-order valence-corrected chi connectivity index (χ1v) is 44.7. The van der Waals surface area contributed by atoms with Crippen LogP contribution in [0.1, 0.15) is 430 Å². The largest absolute Gasteiger partial charge is 0.309 e. The highest BCUT2D eigenvalue weighted by molar-refractivity contribution is 6.23. The number of benzene rings is 7. The van der Waals surface area contributed by atoms with Crippen LogP contribution in [0, 0.1) is 0 Å². The molecule has 0 spiro atoms. The van der Waals surface area contributed by atoms with E-state index in [0.717, 1.165) is 148 Å². The zero-order valence-electron chi connectivity index (χ0n) is 74.7. The third kappa shape index (κ3) is 16.0. The summed E-state index contributed by atoms with van der Waals surface area (Å²) in [4.78, 5) is 5.86. The Hall–Kier alpha value is -5.34. The molecule has 0 atom stereocenters. The summed E-state index contributed by atoms with van der Waals surface area (Å²) in [7, 11) is 0. The highest BCUT2D eigenvalue weighted by atomic mass is 15.2. The van der Waals surface area contributed by atoms with Gasteiger partial charge in [-0.05, 0) is 325 Å². The van der Waals surface area contributed by atoms with Crippen molar-refractivity contribution in [1.82, 2.24) is 0 Å². The van der Waals surface area contributed by atoms with E-state index in [9.17, 15) is 0 Å². The molecule has 0 heterocycles. The Morgan fingerprint density at radius 2 is 0.377 bits per heavy atom. The summed E-state index contributed by atoms with van der Waals surface area (Å²) in [6, 6.07) is 48.7. The Morgan fingerprint density at radius 1 is 0.198 bits per heavy atom. The minimum atomic E-state index is -0.162. The molecule has 2 nitrogen and oxygen atoms in total. The van der Waals surface area contributed by atoms with Gasteiger partial charge < -0.3 is 9.80 Å². The number of nitrogens with zero attached hydrogens (tertiary/aromatic N) is 2. The van der Waals surface area contributed by atoms with Crippen LogP contribution >= 0.6 is 0 Å². The number of anilines is 6. The third-order valence-electron chi connectivity index (χ3n) is 31.4. The topological polar surface area (TPSA) is 6.48 Å². The van der Waals surface area contributed by atoms with Crippen LogP contribution in [-0.2, 0) is 54.1 Å². The van der Waals surface area contributed by atoms with Gasteiger partial charge in [0.25, 0.3) is 0 Å². The lowest BCUT2D eigenvalue weighted by Crippen LogP contribution is -2.29. The molecule has 0 bridgehead atoms. The lowest BCUT2D eigenvalue weighted by Gasteiger charge is -2.41. The molecule has 7 rings (SSSR count). The van der Waals surface area contributed by atoms with Gasteiger partial charge in [0.1, 0.15) is 0 Å². The minimum Gasteiger partial charge on any atom is -0.309 e. The van der Waals surface area contributed by atoms with Gasteiger partial charge in [-0.3, -0.25) is 0 Å². The fourth-order valence-corrected chi connectivity index (χ4v) is 21.0. The van der Waals surface area contributed by atoms with E-state index < -0.39 is 0 Å². The van der Waals surface area contributed by atoms with Crippen molar-refractivity contribution in [3.8, 4) is 0 Å². The molecule has 0 fully saturated rings. The molecule has 0 unspecified atom stereocenters. The van der Waals surface area contributed by atoms with E-state index in [2.05, 4.69) is 327 Å². The van der Waals surface area contributed by atoms with Crippen molar-refractivity contribution in [3.63, 3.8) is 0 Å². The zero-order valence-corrected chi connectivity index (χ0v) is 74.7. The second-order valence-corrected chi connectivity index (χ2v) is 35.9. The maximum atomic E-state index is 2.94. The maximum absolute atomic E-state index is 2.94. The molecule has 0 amide bonds. The fraction of sp³-hybridized carbons (Fsp3) is 0.635. The van der Waals surface area contributed by atoms with Crippen molar-refractivity contribution < 1.29 is 0 Å². The first kappa shape index (κ1) is 87.9. The normalized spacial score (nSPS) is 13.4. The third-order valence-corrected chi connectivity index (χ3v) is 31.4. The summed E-state index contributed by atoms with van der Waals surface area (Å²) < 4.78 is 0. The number of hydrogen-bond acceptors (Lipinski definition) is 2. The Kier molecular flexibility index (Phi) is 29.7. The van der Waals surface area contributed by atoms with Gasteiger partial charge >= 0.3 is 0 Å². The van der Waals surface area contributed by atoms with Crippen LogP contribution in [0.2, 0.25) is 0 Å². The fourth-order valence-electron chi connectivity index (χ4n) is 21.0. The van der Waals surface area contributed by atoms with Crippen molar-refractivity contribution in [2.24, 2.45) is 0 Å². The first-order chi connectivity index (χ1) is 50.4. The summed E-state index contributed by atoms with van der Waals surface area (Å²) in [5, 5.41) is 5.24. The van der Waals surface area contributed by atoms with Crippen LogP contribution < -0.4 is 9.80 Å². The summed E-state index contributed by atoms with van der Waals surface area (Å²) >= 11 is 0. The van der Waals surface area contributed by atoms with Crippen molar-refractivity contribution in [2.45, 2.75) is 429 Å². The first-order valence-electron chi connectivity index (χ1n) is 44.7. The van der Waals surface area contributed by atoms with Crippen molar-refractivity contribution in [1.29, 1.82) is 0 Å². The van der Waals surface area contributed by atoms with E-state index in [1.54, 1.807) is 0 Å². The Balaban J connectivity index is 2.04. The standard InChI is InChI=1S/C104H160N2/c1-31-55-60-104(53-23,54-24)84-64-83(103(50-20,51-21)52-22)71-88(72-84)106(87-69-81(101(44-14,45-15)46-16)63-82(70-87)102(47-17,48-18)49-19)94-90-59-57-75(95(25,26)27)73-91(90)93(89-58-56-76(74-92(89)94)96(28,29)30)105(85-65-77(97(32-2,33-3)34-4)61-78(66-85)98(35-5,36-6)37-7)86-67-79(99(38-8,39-9)40-10)62-80(68-86)100(41-11,42-12)43-13/h56-59,61-74H,31-55,60H2,1-30H3. The molecule has 7 aromatic carbocycles. The SMILES string of the molecule is CCCCC(CC)(CC)c1cc(N(c2cc(C(CC)(CC)CC)cc(C(CC)(CC)CC)c2)c2c3ccc(C(C)(C)C)cc3c(N(c3cc(C(CC)(CC)CC)cc(C(CC)(CC)CC)c3)c3cc(C(CC)(CC)CC)cc(C(CC)(CC)CC)c3)c3ccc(C(C)(C)C)cc23)cc(C(CC)(CC)CC)c1. The van der Waals surface area contributed by atoms with E-state index in [0.29, 0.717) is 0 Å². The molecule has 586 valence electrons. The molecule has 0 aromatic heterocycles. The molecule has 0 aliphatic carbocycles. The van der Waals surface area contributed by atoms with Crippen LogP contribution in [0.3, 0.4) is 0 Å². The van der Waals surface area contributed by atoms with E-state index in [4.69, 9.17) is 0 Å². The Labute approximate surface area is 655 Å². The van der Waals surface area contributed by atoms with E-state index in [-0.39, 0.29) is 54.1 Å². The van der Waals surface area contributed by atoms with Gasteiger partial charge in [0.05, 0.1) is 11.4 Å². The van der Waals surface area contributed by atoms with Crippen LogP contribution in [0.25, 0.3) is 21.5 Å². The van der Waals surface area contributed by atoms with E-state index in [1.807, 2.05) is 0 Å². The molecule has 0 aliphatic rings. The van der Waals surface area contributed by atoms with Gasteiger partial charge in [0, 0.05) is 44.3 Å². The van der Waals surface area contributed by atoms with Crippen LogP contribution in [0.4, 0.5) is 34.1 Å². The number of rotatable bonds is 40. The molecule has 7 aromatic rings. The number of hydrogen-bond donors (Lipinski definition) is 0. The average Bonchev–Trinajstić information content (AvgIpc) is 0.708. The van der Waals surface area contributed by atoms with Gasteiger partial charge in [0.2, 0.25) is 0 Å². The van der Waals surface area contributed by atoms with Crippen molar-refractivity contribution in [3.05, 3.63) is 165 Å². The summed E-state index contributed by atoms with van der Waals surface area (Å²) in [6.45, 7) is 74.2. The van der Waals surface area contributed by atoms with E-state index in [1.165, 1.54) is 131 Å². The van der Waals surface area contributed by atoms with Gasteiger partial charge in [-0.2, -0.15) is 0 Å². The summed E-state index contributed by atoms with van der Waals surface area (Å²) in [5.41, 5.74) is 22.2. The van der Waals surface area contributed by atoms with Crippen molar-refractivity contribution in [2.75, 3.05) is 9.80 Å². The van der Waals surface area contributed by atoms with Crippen molar-refractivity contribution >= 4 is 55.7 Å². The Bertz CT molecular complexity index is 3650. The highest BCUT2D eigenvalue weighted by Crippen LogP contribution is 2.58. The zero-order chi connectivity index (χ0) is 78.8. The quantitative estimate of drug-likeness (QED) is 0.0279. The summed E-state index contributed by atoms with van der Waals surface area (Å²) in [5.74, 6) is 0. The average molecular weight is 1440 g/mol. The predicted octanol–water partition coefficient (Wildman–Crippen LogP) is 34.1. The highest BCUT2D eigenvalue weighted by Gasteiger charge is 2.41. The molecule has 2 heteroatoms. The lowest BCUT2D eigenvalue weighted by molar-refractivity contribution is 0.349. The molecule has 0 aliphatic heterocycles. The lowest BCUT2D eigenvalue weighted by atomic mass is 9.68.